The molecule has 0 aliphatic carbocycles. The molecule has 0 radical (unpaired) electrons. The van der Waals surface area contributed by atoms with Crippen LogP contribution < -0.4 is 4.90 Å². The Morgan fingerprint density at radius 2 is 2.08 bits per heavy atom. The molecule has 0 aromatic carbocycles. The Labute approximate surface area is 152 Å². The van der Waals surface area contributed by atoms with E-state index in [0.29, 0.717) is 12.5 Å². The first-order chi connectivity index (χ1) is 12.1. The second kappa shape index (κ2) is 7.78. The van der Waals surface area contributed by atoms with Gasteiger partial charge < -0.3 is 9.80 Å². The summed E-state index contributed by atoms with van der Waals surface area (Å²) in [7, 11) is 0. The summed E-state index contributed by atoms with van der Waals surface area (Å²) in [6.07, 6.45) is 7.25. The standard InChI is InChI=1S/C18H22ClN5O/c1-13(2)24(12-14-6-5-7-20-10-14)17(25)16-15(19)11-21-18(22-16)23-8-3-4-9-23/h5-7,10-11,13H,3-4,8-9,12H2,1-2H3. The maximum Gasteiger partial charge on any atom is 0.274 e. The Kier molecular flexibility index (Phi) is 5.48. The topological polar surface area (TPSA) is 62.2 Å². The summed E-state index contributed by atoms with van der Waals surface area (Å²) in [6, 6.07) is 3.82. The fraction of sp³-hybridized carbons (Fsp3) is 0.444. The minimum Gasteiger partial charge on any atom is -0.341 e. The first-order valence-corrected chi connectivity index (χ1v) is 8.91. The smallest absolute Gasteiger partial charge is 0.274 e. The van der Waals surface area contributed by atoms with Gasteiger partial charge >= 0.3 is 0 Å². The van der Waals surface area contributed by atoms with Crippen LogP contribution in [0.15, 0.2) is 30.7 Å². The Bertz CT molecular complexity index is 732. The predicted octanol–water partition coefficient (Wildman–Crippen LogP) is 3.18. The third-order valence-electron chi connectivity index (χ3n) is 4.28. The number of amides is 1. The van der Waals surface area contributed by atoms with Gasteiger partial charge in [0.1, 0.15) is 0 Å². The summed E-state index contributed by atoms with van der Waals surface area (Å²) >= 11 is 6.25. The summed E-state index contributed by atoms with van der Waals surface area (Å²) in [4.78, 5) is 29.8. The summed E-state index contributed by atoms with van der Waals surface area (Å²) in [5, 5.41) is 0.282. The van der Waals surface area contributed by atoms with Crippen molar-refractivity contribution in [1.82, 2.24) is 19.9 Å². The minimum absolute atomic E-state index is 0.00831. The zero-order valence-electron chi connectivity index (χ0n) is 14.5. The number of anilines is 1. The highest BCUT2D eigenvalue weighted by Gasteiger charge is 2.25. The molecule has 2 aromatic rings. The van der Waals surface area contributed by atoms with Crippen LogP contribution >= 0.6 is 11.6 Å². The normalized spacial score (nSPS) is 14.2. The van der Waals surface area contributed by atoms with Gasteiger partial charge in [0.05, 0.1) is 11.2 Å². The maximum absolute atomic E-state index is 13.1. The van der Waals surface area contributed by atoms with Gasteiger partial charge in [-0.2, -0.15) is 0 Å². The van der Waals surface area contributed by atoms with Crippen LogP contribution in [0.5, 0.6) is 0 Å². The van der Waals surface area contributed by atoms with Crippen molar-refractivity contribution >= 4 is 23.5 Å². The second-order valence-electron chi connectivity index (χ2n) is 6.45. The first kappa shape index (κ1) is 17.6. The summed E-state index contributed by atoms with van der Waals surface area (Å²) in [6.45, 7) is 6.25. The molecule has 6 nitrogen and oxygen atoms in total. The molecule has 0 bridgehead atoms. The number of hydrogen-bond acceptors (Lipinski definition) is 5. The van der Waals surface area contributed by atoms with Crippen molar-refractivity contribution < 1.29 is 4.79 Å². The Balaban J connectivity index is 1.87. The molecule has 1 amide bonds. The predicted molar refractivity (Wildman–Crippen MR) is 97.7 cm³/mol. The van der Waals surface area contributed by atoms with E-state index in [2.05, 4.69) is 19.9 Å². The van der Waals surface area contributed by atoms with Crippen molar-refractivity contribution in [3.63, 3.8) is 0 Å². The minimum atomic E-state index is -0.188. The number of pyridine rings is 1. The van der Waals surface area contributed by atoms with Gasteiger partial charge in [-0.05, 0) is 38.3 Å². The van der Waals surface area contributed by atoms with Crippen LogP contribution in [-0.4, -0.2) is 44.9 Å². The molecule has 1 fully saturated rings. The van der Waals surface area contributed by atoms with E-state index < -0.39 is 0 Å². The van der Waals surface area contributed by atoms with Gasteiger partial charge in [0, 0.05) is 38.1 Å². The molecule has 3 rings (SSSR count). The molecule has 0 saturated carbocycles. The van der Waals surface area contributed by atoms with Gasteiger partial charge in [-0.3, -0.25) is 9.78 Å². The summed E-state index contributed by atoms with van der Waals surface area (Å²) in [5.41, 5.74) is 1.23. The number of carbonyl (C=O) groups excluding carboxylic acids is 1. The number of carbonyl (C=O) groups is 1. The molecule has 0 atom stereocenters. The monoisotopic (exact) mass is 359 g/mol. The molecule has 25 heavy (non-hydrogen) atoms. The van der Waals surface area contributed by atoms with Crippen LogP contribution in [0.4, 0.5) is 5.95 Å². The average molecular weight is 360 g/mol. The Morgan fingerprint density at radius 1 is 1.32 bits per heavy atom. The molecule has 132 valence electrons. The van der Waals surface area contributed by atoms with Crippen molar-refractivity contribution in [2.24, 2.45) is 0 Å². The highest BCUT2D eigenvalue weighted by Crippen LogP contribution is 2.22. The van der Waals surface area contributed by atoms with E-state index in [1.165, 1.54) is 6.20 Å². The number of rotatable bonds is 5. The fourth-order valence-electron chi connectivity index (χ4n) is 2.89. The zero-order valence-corrected chi connectivity index (χ0v) is 15.3. The van der Waals surface area contributed by atoms with Crippen LogP contribution in [0.2, 0.25) is 5.02 Å². The fourth-order valence-corrected chi connectivity index (χ4v) is 3.06. The first-order valence-electron chi connectivity index (χ1n) is 8.53. The Hall–Kier alpha value is -2.21. The molecule has 1 aliphatic rings. The van der Waals surface area contributed by atoms with E-state index in [1.54, 1.807) is 17.3 Å². The van der Waals surface area contributed by atoms with E-state index in [0.717, 1.165) is 31.5 Å². The SMILES string of the molecule is CC(C)N(Cc1cccnc1)C(=O)c1nc(N2CCCC2)ncc1Cl. The molecule has 0 spiro atoms. The van der Waals surface area contributed by atoms with Gasteiger partial charge in [-0.1, -0.05) is 17.7 Å². The molecular formula is C18H22ClN5O. The van der Waals surface area contributed by atoms with Crippen LogP contribution in [0.25, 0.3) is 0 Å². The quantitative estimate of drug-likeness (QED) is 0.820. The highest BCUT2D eigenvalue weighted by atomic mass is 35.5. The zero-order chi connectivity index (χ0) is 17.8. The third-order valence-corrected chi connectivity index (χ3v) is 4.56. The lowest BCUT2D eigenvalue weighted by Gasteiger charge is -2.27. The molecule has 1 saturated heterocycles. The van der Waals surface area contributed by atoms with Crippen molar-refractivity contribution in [3.05, 3.63) is 47.0 Å². The molecular weight excluding hydrogens is 338 g/mol. The lowest BCUT2D eigenvalue weighted by atomic mass is 10.2. The average Bonchev–Trinajstić information content (AvgIpc) is 3.15. The van der Waals surface area contributed by atoms with E-state index >= 15 is 0 Å². The highest BCUT2D eigenvalue weighted by molar-refractivity contribution is 6.33. The molecule has 0 unspecified atom stereocenters. The molecule has 2 aromatic heterocycles. The maximum atomic E-state index is 13.1. The van der Waals surface area contributed by atoms with E-state index in [9.17, 15) is 4.79 Å². The van der Waals surface area contributed by atoms with Crippen molar-refractivity contribution in [2.45, 2.75) is 39.3 Å². The Morgan fingerprint density at radius 3 is 2.72 bits per heavy atom. The molecule has 7 heteroatoms. The lowest BCUT2D eigenvalue weighted by molar-refractivity contribution is 0.0684. The largest absolute Gasteiger partial charge is 0.341 e. The molecule has 0 N–H and O–H groups in total. The van der Waals surface area contributed by atoms with Crippen LogP contribution in [0.1, 0.15) is 42.7 Å². The summed E-state index contributed by atoms with van der Waals surface area (Å²) < 4.78 is 0. The van der Waals surface area contributed by atoms with Gasteiger partial charge in [0.2, 0.25) is 5.95 Å². The molecule has 1 aliphatic heterocycles. The van der Waals surface area contributed by atoms with Crippen molar-refractivity contribution in [3.8, 4) is 0 Å². The van der Waals surface area contributed by atoms with E-state index in [-0.39, 0.29) is 22.7 Å². The number of hydrogen-bond donors (Lipinski definition) is 0. The second-order valence-corrected chi connectivity index (χ2v) is 6.86. The number of nitrogens with zero attached hydrogens (tertiary/aromatic N) is 5. The van der Waals surface area contributed by atoms with Crippen LogP contribution in [-0.2, 0) is 6.54 Å². The number of halogens is 1. The van der Waals surface area contributed by atoms with Gasteiger partial charge in [-0.15, -0.1) is 0 Å². The van der Waals surface area contributed by atoms with E-state index in [1.807, 2.05) is 26.0 Å². The van der Waals surface area contributed by atoms with Gasteiger partial charge in [0.15, 0.2) is 5.69 Å². The summed E-state index contributed by atoms with van der Waals surface area (Å²) in [5.74, 6) is 0.391. The third kappa shape index (κ3) is 4.07. The van der Waals surface area contributed by atoms with Crippen molar-refractivity contribution in [2.75, 3.05) is 18.0 Å². The van der Waals surface area contributed by atoms with Gasteiger partial charge in [0.25, 0.3) is 5.91 Å². The molecule has 3 heterocycles. The van der Waals surface area contributed by atoms with Crippen LogP contribution in [0.3, 0.4) is 0 Å². The van der Waals surface area contributed by atoms with Gasteiger partial charge in [-0.25, -0.2) is 9.97 Å². The van der Waals surface area contributed by atoms with Crippen LogP contribution in [0, 0.1) is 0 Å². The number of aromatic nitrogens is 3. The van der Waals surface area contributed by atoms with Crippen molar-refractivity contribution in [1.29, 1.82) is 0 Å². The van der Waals surface area contributed by atoms with E-state index in [4.69, 9.17) is 11.6 Å². The lowest BCUT2D eigenvalue weighted by Crippen LogP contribution is -2.37.